The van der Waals surface area contributed by atoms with Gasteiger partial charge in [-0.05, 0) is 51.3 Å². The number of benzene rings is 2. The number of hydrogen-bond donors (Lipinski definition) is 0. The van der Waals surface area contributed by atoms with Crippen molar-refractivity contribution in [3.8, 4) is 5.75 Å². The van der Waals surface area contributed by atoms with E-state index in [1.807, 2.05) is 19.9 Å². The van der Waals surface area contributed by atoms with Gasteiger partial charge in [-0.1, -0.05) is 0 Å². The van der Waals surface area contributed by atoms with Crippen molar-refractivity contribution < 1.29 is 23.6 Å². The fourth-order valence-corrected chi connectivity index (χ4v) is 4.24. The summed E-state index contributed by atoms with van der Waals surface area (Å²) in [7, 11) is 1.56. The Morgan fingerprint density at radius 1 is 1.17 bits per heavy atom. The predicted octanol–water partition coefficient (Wildman–Crippen LogP) is 5.40. The molecule has 1 saturated heterocycles. The molecule has 4 rings (SSSR count). The first-order valence-electron chi connectivity index (χ1n) is 10.0. The molecule has 0 saturated carbocycles. The number of nitro benzene ring substituents is 1. The van der Waals surface area contributed by atoms with Gasteiger partial charge in [-0.2, -0.15) is 0 Å². The number of nitro groups is 1. The van der Waals surface area contributed by atoms with Crippen LogP contribution in [0.4, 0.5) is 10.5 Å². The first-order chi connectivity index (χ1) is 14.4. The fraction of sp³-hybridized carbons (Fsp3) is 0.409. The van der Waals surface area contributed by atoms with Crippen LogP contribution in [0.15, 0.2) is 34.7 Å². The second-order valence-electron chi connectivity index (χ2n) is 7.79. The van der Waals surface area contributed by atoms with E-state index in [1.54, 1.807) is 30.2 Å². The van der Waals surface area contributed by atoms with Gasteiger partial charge in [0.25, 0.3) is 5.69 Å². The third kappa shape index (κ3) is 3.53. The van der Waals surface area contributed by atoms with Crippen molar-refractivity contribution in [3.63, 3.8) is 0 Å². The van der Waals surface area contributed by atoms with Crippen molar-refractivity contribution in [2.24, 2.45) is 0 Å². The average Bonchev–Trinajstić information content (AvgIpc) is 3.07. The molecule has 0 bridgehead atoms. The molecule has 2 atom stereocenters. The predicted molar refractivity (Wildman–Crippen MR) is 112 cm³/mol. The quantitative estimate of drug-likeness (QED) is 0.420. The Labute approximate surface area is 173 Å². The van der Waals surface area contributed by atoms with Crippen molar-refractivity contribution >= 4 is 33.7 Å². The van der Waals surface area contributed by atoms with Crippen LogP contribution in [-0.2, 0) is 11.3 Å². The van der Waals surface area contributed by atoms with Gasteiger partial charge in [0.2, 0.25) is 0 Å². The summed E-state index contributed by atoms with van der Waals surface area (Å²) in [5, 5.41) is 13.2. The lowest BCUT2D eigenvalue weighted by Crippen LogP contribution is -2.47. The van der Waals surface area contributed by atoms with E-state index in [4.69, 9.17) is 13.9 Å². The van der Waals surface area contributed by atoms with Gasteiger partial charge in [-0.3, -0.25) is 10.1 Å². The van der Waals surface area contributed by atoms with E-state index in [1.165, 1.54) is 6.07 Å². The number of likely N-dealkylation sites (tertiary alicyclic amines) is 1. The van der Waals surface area contributed by atoms with Gasteiger partial charge in [0, 0.05) is 28.9 Å². The third-order valence-corrected chi connectivity index (χ3v) is 5.83. The zero-order chi connectivity index (χ0) is 21.4. The number of hydrogen-bond acceptors (Lipinski definition) is 6. The molecule has 1 aliphatic rings. The largest absolute Gasteiger partial charge is 0.497 e. The Hall–Kier alpha value is -3.29. The van der Waals surface area contributed by atoms with Gasteiger partial charge in [-0.15, -0.1) is 0 Å². The maximum absolute atomic E-state index is 12.7. The Morgan fingerprint density at radius 2 is 1.87 bits per heavy atom. The van der Waals surface area contributed by atoms with Crippen molar-refractivity contribution in [2.45, 2.75) is 51.8 Å². The molecule has 158 valence electrons. The smallest absolute Gasteiger partial charge is 0.410 e. The zero-order valence-corrected chi connectivity index (χ0v) is 17.2. The van der Waals surface area contributed by atoms with E-state index in [0.717, 1.165) is 30.0 Å². The third-order valence-electron chi connectivity index (χ3n) is 5.83. The van der Waals surface area contributed by atoms with Crippen molar-refractivity contribution in [1.29, 1.82) is 0 Å². The number of carbonyl (C=O) groups excluding carboxylic acids is 1. The normalized spacial score (nSPS) is 19.2. The number of ether oxygens (including phenoxy) is 2. The molecule has 1 amide bonds. The number of nitrogens with zero attached hydrogens (tertiary/aromatic N) is 2. The second kappa shape index (κ2) is 7.85. The Morgan fingerprint density at radius 3 is 2.53 bits per heavy atom. The molecule has 3 aromatic rings. The van der Waals surface area contributed by atoms with Crippen LogP contribution in [0.1, 0.15) is 38.7 Å². The molecular weight excluding hydrogens is 388 g/mol. The highest BCUT2D eigenvalue weighted by Gasteiger charge is 2.30. The molecule has 2 heterocycles. The number of rotatable bonds is 4. The van der Waals surface area contributed by atoms with E-state index >= 15 is 0 Å². The highest BCUT2D eigenvalue weighted by atomic mass is 16.6. The molecule has 2 aromatic carbocycles. The molecule has 1 aromatic heterocycles. The van der Waals surface area contributed by atoms with E-state index < -0.39 is 11.0 Å². The van der Waals surface area contributed by atoms with E-state index in [-0.39, 0.29) is 24.4 Å². The summed E-state index contributed by atoms with van der Waals surface area (Å²) in [6.07, 6.45) is 2.49. The van der Waals surface area contributed by atoms with E-state index in [9.17, 15) is 14.9 Å². The molecule has 0 spiro atoms. The van der Waals surface area contributed by atoms with Gasteiger partial charge in [0.1, 0.15) is 23.5 Å². The average molecular weight is 412 g/mol. The summed E-state index contributed by atoms with van der Waals surface area (Å²) in [4.78, 5) is 25.5. The lowest BCUT2D eigenvalue weighted by molar-refractivity contribution is -0.385. The van der Waals surface area contributed by atoms with Crippen LogP contribution < -0.4 is 4.74 Å². The first-order valence-corrected chi connectivity index (χ1v) is 10.0. The number of furan rings is 1. The molecule has 0 aliphatic carbocycles. The summed E-state index contributed by atoms with van der Waals surface area (Å²) in [5.74, 6) is 0.634. The molecule has 30 heavy (non-hydrogen) atoms. The Kier molecular flexibility index (Phi) is 5.24. The van der Waals surface area contributed by atoms with Crippen LogP contribution in [-0.4, -0.2) is 35.1 Å². The summed E-state index contributed by atoms with van der Waals surface area (Å²) < 4.78 is 16.5. The molecule has 0 radical (unpaired) electrons. The van der Waals surface area contributed by atoms with Crippen LogP contribution in [0.5, 0.6) is 5.75 Å². The van der Waals surface area contributed by atoms with Crippen LogP contribution in [0.2, 0.25) is 0 Å². The summed E-state index contributed by atoms with van der Waals surface area (Å²) in [5.41, 5.74) is 1.17. The van der Waals surface area contributed by atoms with Gasteiger partial charge in [0.05, 0.1) is 23.7 Å². The van der Waals surface area contributed by atoms with Crippen molar-refractivity contribution in [1.82, 2.24) is 4.90 Å². The molecule has 0 unspecified atom stereocenters. The molecule has 8 nitrogen and oxygen atoms in total. The monoisotopic (exact) mass is 412 g/mol. The Bertz CT molecular complexity index is 1110. The van der Waals surface area contributed by atoms with Crippen molar-refractivity contribution in [3.05, 3.63) is 46.0 Å². The number of methoxy groups -OCH3 is 1. The lowest BCUT2D eigenvalue weighted by atomic mass is 9.98. The molecule has 1 fully saturated rings. The molecule has 8 heteroatoms. The molecule has 1 aliphatic heterocycles. The SMILES string of the molecule is COc1ccc2c(c1)oc1cc([N+](=O)[O-])c(COC(=O)N3[C@H](C)CCC[C@@H]3C)cc12. The number of carbonyl (C=O) groups is 1. The number of fused-ring (bicyclic) bond motifs is 3. The van der Waals surface area contributed by atoms with Gasteiger partial charge in [0.15, 0.2) is 0 Å². The minimum absolute atomic E-state index is 0.0894. The maximum atomic E-state index is 12.7. The molecule has 0 N–H and O–H groups in total. The zero-order valence-electron chi connectivity index (χ0n) is 17.2. The van der Waals surface area contributed by atoms with Crippen LogP contribution >= 0.6 is 0 Å². The summed E-state index contributed by atoms with van der Waals surface area (Å²) in [6, 6.07) is 8.62. The summed E-state index contributed by atoms with van der Waals surface area (Å²) in [6.45, 7) is 3.82. The lowest BCUT2D eigenvalue weighted by Gasteiger charge is -2.37. The van der Waals surface area contributed by atoms with Crippen molar-refractivity contribution in [2.75, 3.05) is 7.11 Å². The van der Waals surface area contributed by atoms with Crippen LogP contribution in [0, 0.1) is 10.1 Å². The van der Waals surface area contributed by atoms with Gasteiger partial charge < -0.3 is 18.8 Å². The fourth-order valence-electron chi connectivity index (χ4n) is 4.24. The van der Waals surface area contributed by atoms with Crippen LogP contribution in [0.3, 0.4) is 0 Å². The number of piperidine rings is 1. The maximum Gasteiger partial charge on any atom is 0.410 e. The minimum Gasteiger partial charge on any atom is -0.497 e. The topological polar surface area (TPSA) is 95.0 Å². The van der Waals surface area contributed by atoms with E-state index in [0.29, 0.717) is 22.5 Å². The van der Waals surface area contributed by atoms with Gasteiger partial charge in [-0.25, -0.2) is 4.79 Å². The summed E-state index contributed by atoms with van der Waals surface area (Å²) >= 11 is 0. The van der Waals surface area contributed by atoms with Gasteiger partial charge >= 0.3 is 6.09 Å². The molecular formula is C22H24N2O6. The highest BCUT2D eigenvalue weighted by Crippen LogP contribution is 2.35. The standard InChI is InChI=1S/C22H24N2O6/c1-13-5-4-6-14(2)23(13)22(25)29-12-15-9-18-17-8-7-16(28-3)10-20(17)30-21(18)11-19(15)24(26)27/h7-11,13-14H,4-6,12H2,1-3H3/t13-,14+. The minimum atomic E-state index is -0.484. The van der Waals surface area contributed by atoms with Crippen LogP contribution in [0.25, 0.3) is 21.9 Å². The number of amides is 1. The highest BCUT2D eigenvalue weighted by molar-refractivity contribution is 6.06. The second-order valence-corrected chi connectivity index (χ2v) is 7.79. The Balaban J connectivity index is 1.66. The van der Waals surface area contributed by atoms with E-state index in [2.05, 4.69) is 0 Å². The first kappa shape index (κ1) is 20.0.